The molecule has 1 spiro atoms. The number of fused-ring (bicyclic) bond motifs is 3. The molecule has 0 amide bonds. The Bertz CT molecular complexity index is 1110. The van der Waals surface area contributed by atoms with Crippen LogP contribution in [-0.2, 0) is 10.2 Å². The van der Waals surface area contributed by atoms with Gasteiger partial charge in [-0.25, -0.2) is 0 Å². The van der Waals surface area contributed by atoms with Crippen LogP contribution in [0.15, 0.2) is 52.6 Å². The molecule has 0 aliphatic heterocycles. The van der Waals surface area contributed by atoms with Crippen molar-refractivity contribution < 1.29 is 4.79 Å². The maximum absolute atomic E-state index is 15.2. The summed E-state index contributed by atoms with van der Waals surface area (Å²) >= 11 is 0. The van der Waals surface area contributed by atoms with Gasteiger partial charge in [-0.05, 0) is 117 Å². The summed E-state index contributed by atoms with van der Waals surface area (Å²) in [6.07, 6.45) is 22.2. The average Bonchev–Trinajstić information content (AvgIpc) is 3.14. The summed E-state index contributed by atoms with van der Waals surface area (Å²) in [5.74, 6) is 3.05. The van der Waals surface area contributed by atoms with Crippen LogP contribution in [0.5, 0.6) is 0 Å². The Labute approximate surface area is 218 Å². The number of rotatable bonds is 6. The minimum Gasteiger partial charge on any atom is -0.298 e. The van der Waals surface area contributed by atoms with Crippen molar-refractivity contribution >= 4 is 11.9 Å². The molecular formula is C35H44O. The second-order valence-electron chi connectivity index (χ2n) is 13.4. The van der Waals surface area contributed by atoms with Crippen LogP contribution < -0.4 is 0 Å². The standard InChI is InChI=1S/C35H44O/c1-3-9-30-27-12-6-7-13-28(27)31(10-4-2)35(30)29-14-8-5-11-26(29)15-16-32(35)33(36)34-20-23-17-24(21-34)19-25(18-23)22-34/h5,8,11,14-16,23-25,32H,3-4,6-7,9-10,12-13,17-22H2,1-2H3. The van der Waals surface area contributed by atoms with Crippen LogP contribution in [0.25, 0.3) is 6.08 Å². The van der Waals surface area contributed by atoms with E-state index in [0.717, 1.165) is 43.4 Å². The third-order valence-corrected chi connectivity index (χ3v) is 11.3. The molecule has 1 aromatic carbocycles. The van der Waals surface area contributed by atoms with Crippen LogP contribution in [0.4, 0.5) is 0 Å². The highest BCUT2D eigenvalue weighted by atomic mass is 16.1. The fraction of sp³-hybridized carbons (Fsp3) is 0.629. The predicted octanol–water partition coefficient (Wildman–Crippen LogP) is 9.13. The van der Waals surface area contributed by atoms with E-state index in [0.29, 0.717) is 5.78 Å². The van der Waals surface area contributed by atoms with Crippen molar-refractivity contribution in [1.29, 1.82) is 0 Å². The smallest absolute Gasteiger partial charge is 0.147 e. The lowest BCUT2D eigenvalue weighted by atomic mass is 9.45. The maximum Gasteiger partial charge on any atom is 0.147 e. The van der Waals surface area contributed by atoms with Crippen molar-refractivity contribution in [3.63, 3.8) is 0 Å². The van der Waals surface area contributed by atoms with Gasteiger partial charge in [0, 0.05) is 5.41 Å². The van der Waals surface area contributed by atoms with Crippen molar-refractivity contribution in [3.05, 3.63) is 63.8 Å². The largest absolute Gasteiger partial charge is 0.298 e. The van der Waals surface area contributed by atoms with Crippen LogP contribution in [0.2, 0.25) is 0 Å². The molecule has 0 radical (unpaired) electrons. The molecule has 1 unspecified atom stereocenters. The summed E-state index contributed by atoms with van der Waals surface area (Å²) in [7, 11) is 0. The Kier molecular flexibility index (Phi) is 5.53. The fourth-order valence-corrected chi connectivity index (χ4v) is 10.7. The van der Waals surface area contributed by atoms with Crippen molar-refractivity contribution in [3.8, 4) is 0 Å². The molecule has 8 rings (SSSR count). The molecule has 5 saturated carbocycles. The summed E-state index contributed by atoms with van der Waals surface area (Å²) in [6.45, 7) is 4.70. The van der Waals surface area contributed by atoms with E-state index in [9.17, 15) is 0 Å². The van der Waals surface area contributed by atoms with Crippen LogP contribution in [0, 0.1) is 29.1 Å². The number of Topliss-reactive ketones (excluding diaryl/α,β-unsaturated/α-hetero) is 1. The van der Waals surface area contributed by atoms with Crippen molar-refractivity contribution in [1.82, 2.24) is 0 Å². The summed E-state index contributed by atoms with van der Waals surface area (Å²) in [5, 5.41) is 0. The summed E-state index contributed by atoms with van der Waals surface area (Å²) < 4.78 is 0. The predicted molar refractivity (Wildman–Crippen MR) is 149 cm³/mol. The Balaban J connectivity index is 1.45. The summed E-state index contributed by atoms with van der Waals surface area (Å²) in [4.78, 5) is 15.2. The van der Waals surface area contributed by atoms with Gasteiger partial charge in [0.25, 0.3) is 0 Å². The van der Waals surface area contributed by atoms with Crippen molar-refractivity contribution in [2.24, 2.45) is 29.1 Å². The number of hydrogen-bond donors (Lipinski definition) is 0. The van der Waals surface area contributed by atoms with E-state index in [1.54, 1.807) is 22.3 Å². The zero-order chi connectivity index (χ0) is 24.5. The van der Waals surface area contributed by atoms with Gasteiger partial charge in [0.05, 0.1) is 11.3 Å². The Hall–Kier alpha value is -1.89. The van der Waals surface area contributed by atoms with Gasteiger partial charge in [-0.15, -0.1) is 0 Å². The van der Waals surface area contributed by atoms with Gasteiger partial charge in [-0.3, -0.25) is 4.79 Å². The van der Waals surface area contributed by atoms with E-state index in [1.165, 1.54) is 75.3 Å². The normalized spacial score (nSPS) is 35.5. The van der Waals surface area contributed by atoms with E-state index in [-0.39, 0.29) is 16.7 Å². The minimum absolute atomic E-state index is 0.0163. The van der Waals surface area contributed by atoms with E-state index < -0.39 is 0 Å². The lowest BCUT2D eigenvalue weighted by molar-refractivity contribution is -0.148. The summed E-state index contributed by atoms with van der Waals surface area (Å²) in [6, 6.07) is 9.15. The van der Waals surface area contributed by atoms with Gasteiger partial charge >= 0.3 is 0 Å². The van der Waals surface area contributed by atoms with E-state index in [1.807, 2.05) is 0 Å². The Morgan fingerprint density at radius 3 is 1.94 bits per heavy atom. The van der Waals surface area contributed by atoms with Crippen LogP contribution in [0.1, 0.15) is 115 Å². The Morgan fingerprint density at radius 1 is 0.833 bits per heavy atom. The lowest BCUT2D eigenvalue weighted by Crippen LogP contribution is -2.55. The molecule has 7 aliphatic rings. The van der Waals surface area contributed by atoms with Crippen LogP contribution >= 0.6 is 0 Å². The summed E-state index contributed by atoms with van der Waals surface area (Å²) in [5.41, 5.74) is 9.21. The number of allylic oxidation sites excluding steroid dienone is 5. The molecule has 1 heteroatoms. The molecule has 5 fully saturated rings. The van der Waals surface area contributed by atoms with Gasteiger partial charge in [0.15, 0.2) is 0 Å². The molecule has 0 saturated heterocycles. The second-order valence-corrected chi connectivity index (χ2v) is 13.4. The highest BCUT2D eigenvalue weighted by Gasteiger charge is 2.61. The molecule has 1 atom stereocenters. The minimum atomic E-state index is -0.215. The van der Waals surface area contributed by atoms with Gasteiger partial charge in [0.2, 0.25) is 0 Å². The van der Waals surface area contributed by atoms with E-state index in [2.05, 4.69) is 50.3 Å². The quantitative estimate of drug-likeness (QED) is 0.397. The van der Waals surface area contributed by atoms with Crippen molar-refractivity contribution in [2.75, 3.05) is 0 Å². The van der Waals surface area contributed by atoms with Crippen molar-refractivity contribution in [2.45, 2.75) is 109 Å². The number of carbonyl (C=O) groups excluding carboxylic acids is 1. The van der Waals surface area contributed by atoms with Gasteiger partial charge in [0.1, 0.15) is 5.78 Å². The SMILES string of the molecule is CCCC1=C2CCCCC2=C(CCC)C12c1ccccc1C=CC2C(=O)C12CC3CC(CC(C3)C1)C2. The molecule has 190 valence electrons. The second kappa shape index (κ2) is 8.57. The van der Waals surface area contributed by atoms with Crippen LogP contribution in [0.3, 0.4) is 0 Å². The van der Waals surface area contributed by atoms with Crippen LogP contribution in [-0.4, -0.2) is 5.78 Å². The zero-order valence-corrected chi connectivity index (χ0v) is 22.6. The topological polar surface area (TPSA) is 17.1 Å². The number of ketones is 1. The average molecular weight is 481 g/mol. The number of benzene rings is 1. The molecule has 0 N–H and O–H groups in total. The first-order valence-corrected chi connectivity index (χ1v) is 15.4. The molecule has 7 aliphatic carbocycles. The first-order valence-electron chi connectivity index (χ1n) is 15.4. The third kappa shape index (κ3) is 3.10. The maximum atomic E-state index is 15.2. The zero-order valence-electron chi connectivity index (χ0n) is 22.6. The third-order valence-electron chi connectivity index (χ3n) is 11.3. The molecule has 1 nitrogen and oxygen atoms in total. The number of carbonyl (C=O) groups is 1. The molecule has 36 heavy (non-hydrogen) atoms. The van der Waals surface area contributed by atoms with Gasteiger partial charge in [-0.1, -0.05) is 74.3 Å². The molecule has 0 heterocycles. The molecule has 1 aromatic rings. The lowest BCUT2D eigenvalue weighted by Gasteiger charge is -2.58. The Morgan fingerprint density at radius 2 is 1.39 bits per heavy atom. The highest BCUT2D eigenvalue weighted by molar-refractivity contribution is 5.95. The molecule has 4 bridgehead atoms. The molecule has 0 aromatic heterocycles. The monoisotopic (exact) mass is 480 g/mol. The van der Waals surface area contributed by atoms with Gasteiger partial charge in [-0.2, -0.15) is 0 Å². The fourth-order valence-electron chi connectivity index (χ4n) is 10.7. The van der Waals surface area contributed by atoms with E-state index >= 15 is 4.79 Å². The number of hydrogen-bond acceptors (Lipinski definition) is 1. The molecular weight excluding hydrogens is 436 g/mol. The van der Waals surface area contributed by atoms with E-state index in [4.69, 9.17) is 0 Å². The highest BCUT2D eigenvalue weighted by Crippen LogP contribution is 2.66. The first-order chi connectivity index (χ1) is 17.6. The first kappa shape index (κ1) is 23.2. The van der Waals surface area contributed by atoms with Gasteiger partial charge < -0.3 is 0 Å².